The highest BCUT2D eigenvalue weighted by molar-refractivity contribution is 7.89. The number of amides is 1. The number of sulfonamides is 1. The maximum Gasteiger partial charge on any atom is 0.265 e. The molecule has 0 aromatic heterocycles. The van der Waals surface area contributed by atoms with Crippen LogP contribution in [0.5, 0.6) is 5.75 Å². The molecule has 0 aliphatic carbocycles. The number of rotatable bonds is 5. The third-order valence-corrected chi connectivity index (χ3v) is 7.39. The van der Waals surface area contributed by atoms with Gasteiger partial charge in [-0.25, -0.2) is 8.42 Å². The van der Waals surface area contributed by atoms with Crippen molar-refractivity contribution in [2.45, 2.75) is 24.3 Å². The van der Waals surface area contributed by atoms with E-state index in [0.29, 0.717) is 25.2 Å². The summed E-state index contributed by atoms with van der Waals surface area (Å²) in [4.78, 5) is 15.0. The SMILES string of the molecule is CCN1CCN(S(=O)(=O)c2ccc(NC(=O)C3Cc4ccccc4O3)cc2)CC1. The average molecular weight is 416 g/mol. The number of hydrogen-bond donors (Lipinski definition) is 1. The van der Waals surface area contributed by atoms with E-state index in [1.807, 2.05) is 24.3 Å². The number of ether oxygens (including phenoxy) is 1. The Morgan fingerprint density at radius 1 is 1.07 bits per heavy atom. The molecule has 1 unspecified atom stereocenters. The molecule has 0 bridgehead atoms. The molecule has 0 spiro atoms. The first-order chi connectivity index (χ1) is 14.0. The Hall–Kier alpha value is -2.42. The second-order valence-electron chi connectivity index (χ2n) is 7.27. The third-order valence-electron chi connectivity index (χ3n) is 5.48. The van der Waals surface area contributed by atoms with E-state index in [1.165, 1.54) is 4.31 Å². The number of anilines is 1. The molecule has 1 saturated heterocycles. The largest absolute Gasteiger partial charge is 0.480 e. The van der Waals surface area contributed by atoms with Crippen LogP contribution in [0.15, 0.2) is 53.4 Å². The predicted molar refractivity (Wildman–Crippen MR) is 111 cm³/mol. The summed E-state index contributed by atoms with van der Waals surface area (Å²) in [5.74, 6) is 0.491. The van der Waals surface area contributed by atoms with Crippen molar-refractivity contribution >= 4 is 21.6 Å². The van der Waals surface area contributed by atoms with Crippen LogP contribution < -0.4 is 10.1 Å². The molecule has 7 nitrogen and oxygen atoms in total. The molecule has 2 heterocycles. The molecule has 1 amide bonds. The zero-order valence-electron chi connectivity index (χ0n) is 16.4. The van der Waals surface area contributed by atoms with E-state index in [4.69, 9.17) is 4.74 Å². The molecule has 2 aliphatic rings. The first-order valence-electron chi connectivity index (χ1n) is 9.85. The van der Waals surface area contributed by atoms with Crippen LogP contribution in [-0.4, -0.2) is 62.4 Å². The zero-order chi connectivity index (χ0) is 20.4. The topological polar surface area (TPSA) is 79.0 Å². The van der Waals surface area contributed by atoms with Gasteiger partial charge in [0.05, 0.1) is 4.90 Å². The highest BCUT2D eigenvalue weighted by atomic mass is 32.2. The molecular weight excluding hydrogens is 390 g/mol. The first kappa shape index (κ1) is 19.9. The Bertz CT molecular complexity index is 958. The average Bonchev–Trinajstić information content (AvgIpc) is 3.19. The molecular formula is C21H25N3O4S. The van der Waals surface area contributed by atoms with Crippen LogP contribution in [0.1, 0.15) is 12.5 Å². The fourth-order valence-corrected chi connectivity index (χ4v) is 5.12. The number of fused-ring (bicyclic) bond motifs is 1. The summed E-state index contributed by atoms with van der Waals surface area (Å²) in [6, 6.07) is 13.9. The van der Waals surface area contributed by atoms with E-state index in [1.54, 1.807) is 24.3 Å². The second kappa shape index (κ2) is 8.14. The fourth-order valence-electron chi connectivity index (χ4n) is 3.70. The van der Waals surface area contributed by atoms with E-state index < -0.39 is 16.1 Å². The zero-order valence-corrected chi connectivity index (χ0v) is 17.2. The van der Waals surface area contributed by atoms with Gasteiger partial charge in [0.2, 0.25) is 10.0 Å². The standard InChI is InChI=1S/C21H25N3O4S/c1-2-23-11-13-24(14-12-23)29(26,27)18-9-7-17(8-10-18)22-21(25)20-15-16-5-3-4-6-19(16)28-20/h3-10,20H,2,11-15H2,1H3,(H,22,25). The lowest BCUT2D eigenvalue weighted by atomic mass is 10.1. The lowest BCUT2D eigenvalue weighted by Gasteiger charge is -2.33. The smallest absolute Gasteiger partial charge is 0.265 e. The molecule has 0 saturated carbocycles. The van der Waals surface area contributed by atoms with Crippen molar-refractivity contribution in [3.8, 4) is 5.75 Å². The Morgan fingerprint density at radius 3 is 2.41 bits per heavy atom. The molecule has 2 aromatic carbocycles. The number of likely N-dealkylation sites (N-methyl/N-ethyl adjacent to an activating group) is 1. The molecule has 2 aromatic rings. The summed E-state index contributed by atoms with van der Waals surface area (Å²) in [6.07, 6.45) is -0.0521. The minimum Gasteiger partial charge on any atom is -0.480 e. The molecule has 1 N–H and O–H groups in total. The molecule has 2 aliphatic heterocycles. The highest BCUT2D eigenvalue weighted by Crippen LogP contribution is 2.29. The van der Waals surface area contributed by atoms with Gasteiger partial charge in [-0.15, -0.1) is 0 Å². The van der Waals surface area contributed by atoms with Crippen molar-refractivity contribution < 1.29 is 17.9 Å². The van der Waals surface area contributed by atoms with E-state index in [-0.39, 0.29) is 10.8 Å². The second-order valence-corrected chi connectivity index (χ2v) is 9.21. The van der Waals surface area contributed by atoms with E-state index in [0.717, 1.165) is 30.9 Å². The Labute approximate surface area is 171 Å². The molecule has 1 atom stereocenters. The van der Waals surface area contributed by atoms with Gasteiger partial charge in [-0.1, -0.05) is 25.1 Å². The summed E-state index contributed by atoms with van der Waals surface area (Å²) in [5, 5.41) is 2.81. The molecule has 154 valence electrons. The number of hydrogen-bond acceptors (Lipinski definition) is 5. The van der Waals surface area contributed by atoms with Crippen molar-refractivity contribution in [3.05, 3.63) is 54.1 Å². The van der Waals surface area contributed by atoms with Gasteiger partial charge in [-0.3, -0.25) is 4.79 Å². The lowest BCUT2D eigenvalue weighted by molar-refractivity contribution is -0.122. The monoisotopic (exact) mass is 415 g/mol. The van der Waals surface area contributed by atoms with Crippen LogP contribution in [0.3, 0.4) is 0 Å². The van der Waals surface area contributed by atoms with Gasteiger partial charge in [0.1, 0.15) is 5.75 Å². The summed E-state index contributed by atoms with van der Waals surface area (Å²) in [7, 11) is -3.52. The highest BCUT2D eigenvalue weighted by Gasteiger charge is 2.30. The van der Waals surface area contributed by atoms with Gasteiger partial charge in [0, 0.05) is 38.3 Å². The first-order valence-corrected chi connectivity index (χ1v) is 11.3. The quantitative estimate of drug-likeness (QED) is 0.808. The minimum atomic E-state index is -3.52. The van der Waals surface area contributed by atoms with Crippen molar-refractivity contribution in [3.63, 3.8) is 0 Å². The van der Waals surface area contributed by atoms with Crippen LogP contribution in [0.25, 0.3) is 0 Å². The molecule has 8 heteroatoms. The van der Waals surface area contributed by atoms with Gasteiger partial charge in [0.25, 0.3) is 5.91 Å². The number of nitrogens with one attached hydrogen (secondary N) is 1. The maximum atomic E-state index is 12.9. The molecule has 0 radical (unpaired) electrons. The van der Waals surface area contributed by atoms with E-state index in [9.17, 15) is 13.2 Å². The molecule has 1 fully saturated rings. The summed E-state index contributed by atoms with van der Waals surface area (Å²) >= 11 is 0. The van der Waals surface area contributed by atoms with Crippen molar-refractivity contribution in [2.75, 3.05) is 38.0 Å². The van der Waals surface area contributed by atoms with Gasteiger partial charge in [-0.2, -0.15) is 4.31 Å². The number of carbonyl (C=O) groups excluding carboxylic acids is 1. The van der Waals surface area contributed by atoms with Crippen molar-refractivity contribution in [1.29, 1.82) is 0 Å². The normalized spacial score (nSPS) is 20.1. The van der Waals surface area contributed by atoms with Crippen LogP contribution in [0, 0.1) is 0 Å². The number of piperazine rings is 1. The summed E-state index contributed by atoms with van der Waals surface area (Å²) < 4.78 is 32.9. The van der Waals surface area contributed by atoms with Crippen molar-refractivity contribution in [1.82, 2.24) is 9.21 Å². The Balaban J connectivity index is 1.39. The lowest BCUT2D eigenvalue weighted by Crippen LogP contribution is -2.48. The van der Waals surface area contributed by atoms with Crippen LogP contribution >= 0.6 is 0 Å². The van der Waals surface area contributed by atoms with E-state index in [2.05, 4.69) is 17.1 Å². The number of carbonyl (C=O) groups is 1. The predicted octanol–water partition coefficient (Wildman–Crippen LogP) is 1.95. The summed E-state index contributed by atoms with van der Waals surface area (Å²) in [6.45, 7) is 5.48. The minimum absolute atomic E-state index is 0.241. The Kier molecular flexibility index (Phi) is 5.58. The van der Waals surface area contributed by atoms with Crippen LogP contribution in [0.4, 0.5) is 5.69 Å². The molecule has 29 heavy (non-hydrogen) atoms. The van der Waals surface area contributed by atoms with Crippen LogP contribution in [-0.2, 0) is 21.2 Å². The van der Waals surface area contributed by atoms with Gasteiger partial charge < -0.3 is 15.0 Å². The van der Waals surface area contributed by atoms with Crippen molar-refractivity contribution in [2.24, 2.45) is 0 Å². The summed E-state index contributed by atoms with van der Waals surface area (Å²) in [5.41, 5.74) is 1.56. The van der Waals surface area contributed by atoms with Gasteiger partial charge >= 0.3 is 0 Å². The molecule has 4 rings (SSSR count). The van der Waals surface area contributed by atoms with Crippen LogP contribution in [0.2, 0.25) is 0 Å². The van der Waals surface area contributed by atoms with E-state index >= 15 is 0 Å². The third kappa shape index (κ3) is 4.14. The van der Waals surface area contributed by atoms with Gasteiger partial charge in [0.15, 0.2) is 6.10 Å². The number of nitrogens with zero attached hydrogens (tertiary/aromatic N) is 2. The number of para-hydroxylation sites is 1. The fraction of sp³-hybridized carbons (Fsp3) is 0.381. The maximum absolute atomic E-state index is 12.9. The number of benzene rings is 2. The Morgan fingerprint density at radius 2 is 1.76 bits per heavy atom. The van der Waals surface area contributed by atoms with Gasteiger partial charge in [-0.05, 0) is 42.4 Å².